The molecule has 242 valence electrons. The third-order valence-corrected chi connectivity index (χ3v) is 7.26. The van der Waals surface area contributed by atoms with Crippen molar-refractivity contribution in [3.63, 3.8) is 0 Å². The summed E-state index contributed by atoms with van der Waals surface area (Å²) in [6.07, 6.45) is -8.10. The highest BCUT2D eigenvalue weighted by molar-refractivity contribution is 6.32. The van der Waals surface area contributed by atoms with Gasteiger partial charge in [0.05, 0.1) is 39.0 Å². The smallest absolute Gasteiger partial charge is 0.417 e. The molecular formula is C31H29Cl2F6N3O3. The van der Waals surface area contributed by atoms with E-state index >= 15 is 0 Å². The maximum absolute atomic E-state index is 13.6. The van der Waals surface area contributed by atoms with Gasteiger partial charge in [-0.1, -0.05) is 23.2 Å². The molecule has 1 saturated carbocycles. The van der Waals surface area contributed by atoms with E-state index in [-0.39, 0.29) is 41.7 Å². The van der Waals surface area contributed by atoms with Gasteiger partial charge in [0.25, 0.3) is 5.91 Å². The zero-order chi connectivity index (χ0) is 33.1. The standard InChI is InChI=1S/C31H29Cl2F6N3O3/c1-4-44-25-13-18(29(43)41-20-8-10-24(33)22(16-20)31(37,38)39)14-26(45-12-11-42(2)3)27(25)28(17-5-6-17)40-19-7-9-23(32)21(15-19)30(34,35)36/h7-10,13-16,40H,4-6,11-12H2,1-3H3,(H,41,43). The first-order chi connectivity index (χ1) is 21.1. The van der Waals surface area contributed by atoms with Crippen molar-refractivity contribution in [2.75, 3.05) is 44.5 Å². The number of likely N-dealkylation sites (N-methyl/N-ethyl adjacent to an activating group) is 1. The number of anilines is 2. The maximum Gasteiger partial charge on any atom is 0.417 e. The fraction of sp³-hybridized carbons (Fsp3) is 0.323. The van der Waals surface area contributed by atoms with Gasteiger partial charge in [0.15, 0.2) is 0 Å². The number of allylic oxidation sites excluding steroid dienone is 1. The van der Waals surface area contributed by atoms with Gasteiger partial charge in [-0.25, -0.2) is 0 Å². The van der Waals surface area contributed by atoms with Crippen molar-refractivity contribution in [2.45, 2.75) is 32.1 Å². The lowest BCUT2D eigenvalue weighted by atomic mass is 10.0. The van der Waals surface area contributed by atoms with E-state index in [0.717, 1.165) is 29.8 Å². The van der Waals surface area contributed by atoms with Crippen LogP contribution in [0.2, 0.25) is 10.0 Å². The molecule has 1 aliphatic rings. The molecule has 4 rings (SSSR count). The van der Waals surface area contributed by atoms with Crippen LogP contribution in [0.3, 0.4) is 0 Å². The van der Waals surface area contributed by atoms with Gasteiger partial charge in [0.1, 0.15) is 18.1 Å². The number of benzene rings is 3. The van der Waals surface area contributed by atoms with Crippen molar-refractivity contribution < 1.29 is 40.6 Å². The summed E-state index contributed by atoms with van der Waals surface area (Å²) in [6, 6.07) is 9.28. The molecule has 45 heavy (non-hydrogen) atoms. The van der Waals surface area contributed by atoms with E-state index in [4.69, 9.17) is 32.7 Å². The van der Waals surface area contributed by atoms with Crippen molar-refractivity contribution >= 4 is 46.2 Å². The van der Waals surface area contributed by atoms with E-state index < -0.39 is 39.4 Å². The number of nitrogens with zero attached hydrogens (tertiary/aromatic N) is 1. The topological polar surface area (TPSA) is 62.8 Å². The molecule has 6 nitrogen and oxygen atoms in total. The molecule has 0 heterocycles. The second-order valence-corrected chi connectivity index (χ2v) is 11.2. The number of nitrogens with one attached hydrogen (secondary N) is 2. The Morgan fingerprint density at radius 1 is 0.822 bits per heavy atom. The maximum atomic E-state index is 13.6. The molecule has 14 heteroatoms. The van der Waals surface area contributed by atoms with Crippen molar-refractivity contribution in [3.8, 4) is 11.5 Å². The Hall–Kier alpha value is -3.61. The second-order valence-electron chi connectivity index (χ2n) is 10.4. The Morgan fingerprint density at radius 2 is 1.33 bits per heavy atom. The quantitative estimate of drug-likeness (QED) is 0.198. The third-order valence-electron chi connectivity index (χ3n) is 6.60. The lowest BCUT2D eigenvalue weighted by Gasteiger charge is -2.22. The number of hydrogen-bond donors (Lipinski definition) is 2. The summed E-state index contributed by atoms with van der Waals surface area (Å²) >= 11 is 11.5. The molecule has 2 N–H and O–H groups in total. The highest BCUT2D eigenvalue weighted by atomic mass is 35.5. The molecule has 3 aromatic carbocycles. The van der Waals surface area contributed by atoms with Crippen LogP contribution >= 0.6 is 23.2 Å². The predicted molar refractivity (Wildman–Crippen MR) is 162 cm³/mol. The SMILES string of the molecule is CCOc1cc(C(=O)Nc2ccc(Cl)c(C(F)(F)F)c2)cc(OCCN(C)C)c1C(Nc1ccc(Cl)c(C(F)(F)F)c1)=C1CC1. The van der Waals surface area contributed by atoms with E-state index in [1.807, 2.05) is 19.0 Å². The Labute approximate surface area is 265 Å². The summed E-state index contributed by atoms with van der Waals surface area (Å²) in [7, 11) is 3.66. The largest absolute Gasteiger partial charge is 0.493 e. The summed E-state index contributed by atoms with van der Waals surface area (Å²) in [5.74, 6) is -0.382. The Kier molecular flexibility index (Phi) is 10.5. The normalized spacial score (nSPS) is 13.1. The van der Waals surface area contributed by atoms with Gasteiger partial charge in [-0.2, -0.15) is 26.3 Å². The van der Waals surface area contributed by atoms with E-state index in [0.29, 0.717) is 30.6 Å². The van der Waals surface area contributed by atoms with Crippen LogP contribution in [0, 0.1) is 0 Å². The predicted octanol–water partition coefficient (Wildman–Crippen LogP) is 9.24. The van der Waals surface area contributed by atoms with Gasteiger partial charge in [-0.15, -0.1) is 0 Å². The zero-order valence-electron chi connectivity index (χ0n) is 24.4. The van der Waals surface area contributed by atoms with E-state index in [2.05, 4.69) is 10.6 Å². The number of halogens is 8. The number of hydrogen-bond acceptors (Lipinski definition) is 5. The molecule has 0 atom stereocenters. The molecule has 1 fully saturated rings. The Morgan fingerprint density at radius 3 is 1.80 bits per heavy atom. The van der Waals surface area contributed by atoms with Crippen molar-refractivity contribution in [1.29, 1.82) is 0 Å². The average Bonchev–Trinajstić information content (AvgIpc) is 3.78. The molecule has 1 amide bonds. The first-order valence-corrected chi connectivity index (χ1v) is 14.5. The molecule has 0 saturated heterocycles. The van der Waals surface area contributed by atoms with Crippen LogP contribution in [0.25, 0.3) is 5.70 Å². The highest BCUT2D eigenvalue weighted by Gasteiger charge is 2.35. The average molecular weight is 676 g/mol. The van der Waals surface area contributed by atoms with Crippen LogP contribution in [0.5, 0.6) is 11.5 Å². The number of carbonyl (C=O) groups excluding carboxylic acids is 1. The molecule has 1 aliphatic carbocycles. The summed E-state index contributed by atoms with van der Waals surface area (Å²) in [4.78, 5) is 15.2. The van der Waals surface area contributed by atoms with E-state index in [1.165, 1.54) is 24.3 Å². The molecule has 3 aromatic rings. The van der Waals surface area contributed by atoms with Gasteiger partial charge >= 0.3 is 12.4 Å². The molecule has 0 spiro atoms. The summed E-state index contributed by atoms with van der Waals surface area (Å²) < 4.78 is 93.0. The van der Waals surface area contributed by atoms with Crippen molar-refractivity contribution in [2.24, 2.45) is 0 Å². The summed E-state index contributed by atoms with van der Waals surface area (Å²) in [6.45, 7) is 2.52. The van der Waals surface area contributed by atoms with Crippen LogP contribution in [-0.2, 0) is 12.4 Å². The monoisotopic (exact) mass is 675 g/mol. The highest BCUT2D eigenvalue weighted by Crippen LogP contribution is 2.45. The minimum Gasteiger partial charge on any atom is -0.493 e. The first-order valence-electron chi connectivity index (χ1n) is 13.7. The van der Waals surface area contributed by atoms with E-state index in [1.54, 1.807) is 6.92 Å². The number of ether oxygens (including phenoxy) is 2. The Balaban J connectivity index is 1.78. The number of alkyl halides is 6. The first kappa shape index (κ1) is 34.3. The minimum atomic E-state index is -4.74. The minimum absolute atomic E-state index is 0.0107. The zero-order valence-corrected chi connectivity index (χ0v) is 25.9. The lowest BCUT2D eigenvalue weighted by Crippen LogP contribution is -2.20. The fourth-order valence-corrected chi connectivity index (χ4v) is 4.77. The molecule has 0 aliphatic heterocycles. The van der Waals surface area contributed by atoms with Gasteiger partial charge in [-0.3, -0.25) is 4.79 Å². The number of amides is 1. The second kappa shape index (κ2) is 13.8. The summed E-state index contributed by atoms with van der Waals surface area (Å²) in [5, 5.41) is 4.57. The van der Waals surface area contributed by atoms with Crippen molar-refractivity contribution in [1.82, 2.24) is 4.90 Å². The van der Waals surface area contributed by atoms with Gasteiger partial charge in [0, 0.05) is 23.5 Å². The van der Waals surface area contributed by atoms with Gasteiger partial charge in [-0.05, 0) is 88.0 Å². The molecular weight excluding hydrogens is 647 g/mol. The van der Waals surface area contributed by atoms with Crippen LogP contribution < -0.4 is 20.1 Å². The van der Waals surface area contributed by atoms with Crippen LogP contribution in [0.4, 0.5) is 37.7 Å². The number of rotatable bonds is 11. The lowest BCUT2D eigenvalue weighted by molar-refractivity contribution is -0.138. The Bertz CT molecular complexity index is 1600. The molecule has 0 bridgehead atoms. The molecule has 0 radical (unpaired) electrons. The third kappa shape index (κ3) is 8.77. The van der Waals surface area contributed by atoms with Gasteiger partial charge < -0.3 is 25.0 Å². The van der Waals surface area contributed by atoms with E-state index in [9.17, 15) is 31.1 Å². The molecule has 0 unspecified atom stereocenters. The molecule has 0 aromatic heterocycles. The van der Waals surface area contributed by atoms with Crippen LogP contribution in [0.15, 0.2) is 54.1 Å². The fourth-order valence-electron chi connectivity index (χ4n) is 4.32. The van der Waals surface area contributed by atoms with Crippen molar-refractivity contribution in [3.05, 3.63) is 86.4 Å². The van der Waals surface area contributed by atoms with Crippen LogP contribution in [-0.4, -0.2) is 44.7 Å². The number of carbonyl (C=O) groups is 1. The summed E-state index contributed by atoms with van der Waals surface area (Å²) in [5.41, 5.74) is -0.409. The van der Waals surface area contributed by atoms with Crippen LogP contribution in [0.1, 0.15) is 46.8 Å². The van der Waals surface area contributed by atoms with Gasteiger partial charge in [0.2, 0.25) is 0 Å².